The van der Waals surface area contributed by atoms with Gasteiger partial charge in [-0.15, -0.1) is 0 Å². The molecular formula is C20H22FNO5. The average molecular weight is 375 g/mol. The predicted molar refractivity (Wildman–Crippen MR) is 99.0 cm³/mol. The summed E-state index contributed by atoms with van der Waals surface area (Å²) in [5, 5.41) is 2.65. The van der Waals surface area contributed by atoms with Gasteiger partial charge in [0.25, 0.3) is 0 Å². The number of hydrogen-bond acceptors (Lipinski definition) is 5. The normalized spacial score (nSPS) is 10.9. The first kappa shape index (κ1) is 20.2. The Morgan fingerprint density at radius 2 is 1.96 bits per heavy atom. The monoisotopic (exact) mass is 375 g/mol. The average Bonchev–Trinajstić information content (AvgIpc) is 2.58. The minimum Gasteiger partial charge on any atom is -0.492 e. The summed E-state index contributed by atoms with van der Waals surface area (Å²) in [6.45, 7) is 5.46. The SMILES string of the molecule is COc1c(OCc2cccc(NC(=O)OC(C)(C)C)c2)ccc(F)c1C=O. The number of nitrogens with one attached hydrogen (secondary N) is 1. The number of aldehydes is 1. The summed E-state index contributed by atoms with van der Waals surface area (Å²) < 4.78 is 29.6. The number of anilines is 1. The molecule has 144 valence electrons. The zero-order valence-electron chi connectivity index (χ0n) is 15.7. The molecule has 27 heavy (non-hydrogen) atoms. The van der Waals surface area contributed by atoms with Crippen molar-refractivity contribution in [3.63, 3.8) is 0 Å². The van der Waals surface area contributed by atoms with Crippen LogP contribution in [0.2, 0.25) is 0 Å². The number of carbonyl (C=O) groups is 2. The van der Waals surface area contributed by atoms with Crippen LogP contribution in [0, 0.1) is 5.82 Å². The molecule has 2 rings (SSSR count). The van der Waals surface area contributed by atoms with Crippen LogP contribution in [-0.2, 0) is 11.3 Å². The van der Waals surface area contributed by atoms with Gasteiger partial charge in [-0.1, -0.05) is 12.1 Å². The van der Waals surface area contributed by atoms with Gasteiger partial charge in [0.1, 0.15) is 18.0 Å². The number of benzene rings is 2. The molecule has 2 aromatic carbocycles. The molecule has 1 N–H and O–H groups in total. The van der Waals surface area contributed by atoms with E-state index in [9.17, 15) is 14.0 Å². The van der Waals surface area contributed by atoms with Gasteiger partial charge >= 0.3 is 6.09 Å². The molecule has 0 heterocycles. The molecule has 2 aromatic rings. The van der Waals surface area contributed by atoms with E-state index in [2.05, 4.69) is 5.32 Å². The lowest BCUT2D eigenvalue weighted by Gasteiger charge is -2.19. The zero-order chi connectivity index (χ0) is 20.0. The van der Waals surface area contributed by atoms with E-state index >= 15 is 0 Å². The van der Waals surface area contributed by atoms with Crippen LogP contribution in [-0.4, -0.2) is 25.1 Å². The fraction of sp³-hybridized carbons (Fsp3) is 0.300. The predicted octanol–water partition coefficient (Wildman–Crippen LogP) is 4.57. The van der Waals surface area contributed by atoms with Gasteiger partial charge in [-0.05, 0) is 50.6 Å². The van der Waals surface area contributed by atoms with E-state index in [1.165, 1.54) is 13.2 Å². The van der Waals surface area contributed by atoms with Crippen molar-refractivity contribution in [2.75, 3.05) is 12.4 Å². The van der Waals surface area contributed by atoms with Gasteiger partial charge in [0.15, 0.2) is 17.8 Å². The summed E-state index contributed by atoms with van der Waals surface area (Å²) in [5.41, 5.74) is 0.503. The second kappa shape index (κ2) is 8.53. The lowest BCUT2D eigenvalue weighted by molar-refractivity contribution is 0.0635. The van der Waals surface area contributed by atoms with Crippen molar-refractivity contribution in [3.8, 4) is 11.5 Å². The Labute approximate surface area is 157 Å². The van der Waals surface area contributed by atoms with Crippen molar-refractivity contribution in [3.05, 3.63) is 53.3 Å². The highest BCUT2D eigenvalue weighted by Gasteiger charge is 2.17. The number of carbonyl (C=O) groups excluding carboxylic acids is 2. The summed E-state index contributed by atoms with van der Waals surface area (Å²) in [6, 6.07) is 9.53. The molecule has 6 nitrogen and oxygen atoms in total. The first-order valence-corrected chi connectivity index (χ1v) is 8.27. The molecule has 7 heteroatoms. The highest BCUT2D eigenvalue weighted by molar-refractivity contribution is 5.85. The number of hydrogen-bond donors (Lipinski definition) is 1. The second-order valence-corrected chi connectivity index (χ2v) is 6.73. The van der Waals surface area contributed by atoms with Crippen LogP contribution in [0.3, 0.4) is 0 Å². The van der Waals surface area contributed by atoms with Crippen LogP contribution in [0.5, 0.6) is 11.5 Å². The minimum atomic E-state index is -0.683. The molecule has 0 unspecified atom stereocenters. The Balaban J connectivity index is 2.09. The Hall–Kier alpha value is -3.09. The number of rotatable bonds is 6. The molecule has 0 fully saturated rings. The maximum Gasteiger partial charge on any atom is 0.412 e. The standard InChI is InChI=1S/C20H22FNO5/c1-20(2,3)27-19(24)22-14-7-5-6-13(10-14)12-26-17-9-8-16(21)15(11-23)18(17)25-4/h5-11H,12H2,1-4H3,(H,22,24). The van der Waals surface area contributed by atoms with Crippen molar-refractivity contribution < 1.29 is 28.2 Å². The molecule has 0 saturated carbocycles. The topological polar surface area (TPSA) is 73.9 Å². The summed E-state index contributed by atoms with van der Waals surface area (Å²) in [4.78, 5) is 22.9. The van der Waals surface area contributed by atoms with Gasteiger partial charge < -0.3 is 14.2 Å². The Morgan fingerprint density at radius 3 is 2.59 bits per heavy atom. The molecule has 1 amide bonds. The molecule has 0 aromatic heterocycles. The number of halogens is 1. The quantitative estimate of drug-likeness (QED) is 0.749. The Morgan fingerprint density at radius 1 is 1.22 bits per heavy atom. The largest absolute Gasteiger partial charge is 0.492 e. The van der Waals surface area contributed by atoms with Gasteiger partial charge in [-0.3, -0.25) is 10.1 Å². The third-order valence-electron chi connectivity index (χ3n) is 3.40. The molecule has 0 radical (unpaired) electrons. The van der Waals surface area contributed by atoms with Crippen LogP contribution < -0.4 is 14.8 Å². The van der Waals surface area contributed by atoms with Gasteiger partial charge in [0, 0.05) is 5.69 Å². The summed E-state index contributed by atoms with van der Waals surface area (Å²) in [5.74, 6) is -0.405. The maximum absolute atomic E-state index is 13.7. The molecule has 0 aliphatic heterocycles. The summed E-state index contributed by atoms with van der Waals surface area (Å²) in [7, 11) is 1.33. The Kier molecular flexibility index (Phi) is 6.39. The molecule has 0 aliphatic rings. The lowest BCUT2D eigenvalue weighted by Crippen LogP contribution is -2.27. The third-order valence-corrected chi connectivity index (χ3v) is 3.40. The summed E-state index contributed by atoms with van der Waals surface area (Å²) in [6.07, 6.45) is -0.178. The Bertz CT molecular complexity index is 830. The number of amides is 1. The van der Waals surface area contributed by atoms with Crippen LogP contribution in [0.1, 0.15) is 36.7 Å². The van der Waals surface area contributed by atoms with E-state index < -0.39 is 17.5 Å². The van der Waals surface area contributed by atoms with E-state index in [0.29, 0.717) is 12.0 Å². The van der Waals surface area contributed by atoms with Crippen molar-refractivity contribution in [2.45, 2.75) is 33.0 Å². The van der Waals surface area contributed by atoms with Crippen molar-refractivity contribution in [1.82, 2.24) is 0 Å². The minimum absolute atomic E-state index is 0.0352. The van der Waals surface area contributed by atoms with Crippen molar-refractivity contribution in [2.24, 2.45) is 0 Å². The molecular weight excluding hydrogens is 353 g/mol. The van der Waals surface area contributed by atoms with Gasteiger partial charge in [0.2, 0.25) is 0 Å². The molecule has 0 aliphatic carbocycles. The van der Waals surface area contributed by atoms with E-state index in [1.54, 1.807) is 45.0 Å². The van der Waals surface area contributed by atoms with Gasteiger partial charge in [0.05, 0.1) is 12.7 Å². The van der Waals surface area contributed by atoms with Crippen LogP contribution >= 0.6 is 0 Å². The van der Waals surface area contributed by atoms with Crippen molar-refractivity contribution >= 4 is 18.1 Å². The fourth-order valence-corrected chi connectivity index (χ4v) is 2.31. The van der Waals surface area contributed by atoms with E-state index in [-0.39, 0.29) is 23.7 Å². The first-order valence-electron chi connectivity index (χ1n) is 8.27. The summed E-state index contributed by atoms with van der Waals surface area (Å²) >= 11 is 0. The molecule has 0 atom stereocenters. The zero-order valence-corrected chi connectivity index (χ0v) is 15.7. The van der Waals surface area contributed by atoms with Gasteiger partial charge in [-0.25, -0.2) is 9.18 Å². The highest BCUT2D eigenvalue weighted by Crippen LogP contribution is 2.32. The highest BCUT2D eigenvalue weighted by atomic mass is 19.1. The van der Waals surface area contributed by atoms with E-state index in [4.69, 9.17) is 14.2 Å². The third kappa shape index (κ3) is 5.70. The molecule has 0 spiro atoms. The van der Waals surface area contributed by atoms with Crippen LogP contribution in [0.15, 0.2) is 36.4 Å². The molecule has 0 saturated heterocycles. The smallest absolute Gasteiger partial charge is 0.412 e. The maximum atomic E-state index is 13.7. The lowest BCUT2D eigenvalue weighted by atomic mass is 10.2. The molecule has 0 bridgehead atoms. The fourth-order valence-electron chi connectivity index (χ4n) is 2.31. The van der Waals surface area contributed by atoms with Gasteiger partial charge in [-0.2, -0.15) is 0 Å². The van der Waals surface area contributed by atoms with E-state index in [1.807, 2.05) is 0 Å². The van der Waals surface area contributed by atoms with E-state index in [0.717, 1.165) is 11.6 Å². The van der Waals surface area contributed by atoms with Crippen LogP contribution in [0.4, 0.5) is 14.9 Å². The number of methoxy groups -OCH3 is 1. The van der Waals surface area contributed by atoms with Crippen molar-refractivity contribution in [1.29, 1.82) is 0 Å². The number of ether oxygens (including phenoxy) is 3. The first-order chi connectivity index (χ1) is 12.7. The second-order valence-electron chi connectivity index (χ2n) is 6.73. The van der Waals surface area contributed by atoms with Crippen LogP contribution in [0.25, 0.3) is 0 Å².